The fraction of sp³-hybridized carbons (Fsp3) is 0.556. The summed E-state index contributed by atoms with van der Waals surface area (Å²) in [4.78, 5) is 28.6. The molecular weight excluding hydrogens is 306 g/mol. The van der Waals surface area contributed by atoms with Crippen LogP contribution in [0.4, 0.5) is 0 Å². The van der Waals surface area contributed by atoms with Gasteiger partial charge in [0.15, 0.2) is 0 Å². The number of ether oxygens (including phenoxy) is 1. The van der Waals surface area contributed by atoms with Crippen LogP contribution in [-0.4, -0.2) is 67.0 Å². The van der Waals surface area contributed by atoms with E-state index in [4.69, 9.17) is 10.5 Å². The van der Waals surface area contributed by atoms with Crippen LogP contribution in [0.5, 0.6) is 0 Å². The Bertz CT molecular complexity index is 564. The second-order valence-corrected chi connectivity index (χ2v) is 6.46. The molecule has 0 radical (unpaired) electrons. The van der Waals surface area contributed by atoms with Crippen LogP contribution >= 0.6 is 0 Å². The van der Waals surface area contributed by atoms with Crippen molar-refractivity contribution in [3.05, 3.63) is 35.9 Å². The molecule has 6 heteroatoms. The molecule has 130 valence electrons. The van der Waals surface area contributed by atoms with Gasteiger partial charge in [0.05, 0.1) is 6.04 Å². The summed E-state index contributed by atoms with van der Waals surface area (Å²) in [5, 5.41) is 0. The molecule has 2 saturated heterocycles. The molecule has 1 aromatic rings. The number of rotatable bonds is 3. The Kier molecular flexibility index (Phi) is 5.48. The van der Waals surface area contributed by atoms with Crippen LogP contribution < -0.4 is 5.73 Å². The van der Waals surface area contributed by atoms with Gasteiger partial charge in [-0.3, -0.25) is 9.59 Å². The van der Waals surface area contributed by atoms with Gasteiger partial charge in [-0.05, 0) is 30.9 Å². The maximum absolute atomic E-state index is 12.6. The molecule has 0 aliphatic carbocycles. The van der Waals surface area contributed by atoms with E-state index in [1.165, 1.54) is 0 Å². The van der Waals surface area contributed by atoms with Gasteiger partial charge in [-0.1, -0.05) is 18.2 Å². The zero-order valence-corrected chi connectivity index (χ0v) is 13.9. The van der Waals surface area contributed by atoms with E-state index in [2.05, 4.69) is 0 Å². The summed E-state index contributed by atoms with van der Waals surface area (Å²) < 4.78 is 5.33. The van der Waals surface area contributed by atoms with Gasteiger partial charge in [-0.15, -0.1) is 0 Å². The van der Waals surface area contributed by atoms with Gasteiger partial charge in [0, 0.05) is 45.0 Å². The van der Waals surface area contributed by atoms with E-state index in [1.807, 2.05) is 30.3 Å². The Morgan fingerprint density at radius 1 is 1.00 bits per heavy atom. The summed E-state index contributed by atoms with van der Waals surface area (Å²) >= 11 is 0. The third kappa shape index (κ3) is 3.76. The summed E-state index contributed by atoms with van der Waals surface area (Å²) in [7, 11) is 0. The minimum Gasteiger partial charge on any atom is -0.381 e. The first-order valence-electron chi connectivity index (χ1n) is 8.63. The molecular formula is C18H25N3O3. The van der Waals surface area contributed by atoms with Crippen LogP contribution in [0.2, 0.25) is 0 Å². The van der Waals surface area contributed by atoms with Crippen LogP contribution in [0.3, 0.4) is 0 Å². The number of hydrogen-bond donors (Lipinski definition) is 1. The highest BCUT2D eigenvalue weighted by atomic mass is 16.5. The molecule has 2 fully saturated rings. The first kappa shape index (κ1) is 16.9. The van der Waals surface area contributed by atoms with E-state index in [0.29, 0.717) is 45.0 Å². The van der Waals surface area contributed by atoms with E-state index in [1.54, 1.807) is 9.80 Å². The fourth-order valence-corrected chi connectivity index (χ4v) is 3.38. The van der Waals surface area contributed by atoms with Gasteiger partial charge in [-0.2, -0.15) is 0 Å². The molecule has 2 amide bonds. The fourth-order valence-electron chi connectivity index (χ4n) is 3.38. The van der Waals surface area contributed by atoms with Crippen molar-refractivity contribution in [2.75, 3.05) is 39.4 Å². The number of benzene rings is 1. The monoisotopic (exact) mass is 331 g/mol. The normalized spacial score (nSPS) is 20.7. The van der Waals surface area contributed by atoms with Crippen molar-refractivity contribution in [3.8, 4) is 0 Å². The quantitative estimate of drug-likeness (QED) is 0.886. The average molecular weight is 331 g/mol. The molecule has 0 aromatic heterocycles. The van der Waals surface area contributed by atoms with Crippen molar-refractivity contribution >= 4 is 11.8 Å². The second-order valence-electron chi connectivity index (χ2n) is 6.46. The molecule has 2 aliphatic rings. The highest BCUT2D eigenvalue weighted by Crippen LogP contribution is 2.19. The van der Waals surface area contributed by atoms with E-state index in [-0.39, 0.29) is 17.7 Å². The zero-order chi connectivity index (χ0) is 16.9. The van der Waals surface area contributed by atoms with Gasteiger partial charge in [-0.25, -0.2) is 0 Å². The van der Waals surface area contributed by atoms with Crippen molar-refractivity contribution in [1.82, 2.24) is 9.80 Å². The number of piperazine rings is 1. The Morgan fingerprint density at radius 2 is 1.58 bits per heavy atom. The zero-order valence-electron chi connectivity index (χ0n) is 13.9. The summed E-state index contributed by atoms with van der Waals surface area (Å²) in [6.45, 7) is 3.58. The first-order valence-corrected chi connectivity index (χ1v) is 8.63. The van der Waals surface area contributed by atoms with Crippen LogP contribution in [-0.2, 0) is 9.53 Å². The Morgan fingerprint density at radius 3 is 2.21 bits per heavy atom. The lowest BCUT2D eigenvalue weighted by Gasteiger charge is -2.37. The summed E-state index contributed by atoms with van der Waals surface area (Å²) in [6.07, 6.45) is 1.69. The third-order valence-corrected chi connectivity index (χ3v) is 4.96. The van der Waals surface area contributed by atoms with Crippen LogP contribution in [0.25, 0.3) is 0 Å². The summed E-state index contributed by atoms with van der Waals surface area (Å²) in [5.41, 5.74) is 6.87. The van der Waals surface area contributed by atoms with Crippen molar-refractivity contribution in [2.45, 2.75) is 18.9 Å². The molecule has 1 aromatic carbocycles. The smallest absolute Gasteiger partial charge is 0.253 e. The average Bonchev–Trinajstić information content (AvgIpc) is 2.68. The molecule has 0 bridgehead atoms. The highest BCUT2D eigenvalue weighted by molar-refractivity contribution is 5.94. The number of nitrogens with zero attached hydrogens (tertiary/aromatic N) is 2. The lowest BCUT2D eigenvalue weighted by molar-refractivity contribution is -0.136. The molecule has 24 heavy (non-hydrogen) atoms. The topological polar surface area (TPSA) is 75.9 Å². The Hall–Kier alpha value is -1.92. The number of amides is 2. The maximum Gasteiger partial charge on any atom is 0.253 e. The first-order chi connectivity index (χ1) is 11.7. The molecule has 2 N–H and O–H groups in total. The van der Waals surface area contributed by atoms with Gasteiger partial charge >= 0.3 is 0 Å². The molecule has 1 atom stereocenters. The van der Waals surface area contributed by atoms with Crippen LogP contribution in [0.1, 0.15) is 23.2 Å². The lowest BCUT2D eigenvalue weighted by Crippen LogP contribution is -2.56. The molecule has 0 spiro atoms. The van der Waals surface area contributed by atoms with E-state index in [0.717, 1.165) is 12.8 Å². The van der Waals surface area contributed by atoms with Gasteiger partial charge in [0.2, 0.25) is 5.91 Å². The van der Waals surface area contributed by atoms with Crippen molar-refractivity contribution in [1.29, 1.82) is 0 Å². The predicted molar refractivity (Wildman–Crippen MR) is 90.4 cm³/mol. The van der Waals surface area contributed by atoms with Gasteiger partial charge in [0.1, 0.15) is 0 Å². The van der Waals surface area contributed by atoms with E-state index >= 15 is 0 Å². The van der Waals surface area contributed by atoms with E-state index in [9.17, 15) is 9.59 Å². The standard InChI is InChI=1S/C18H25N3O3/c19-16(14-6-12-24-13-7-14)18(23)21-10-8-20(9-11-21)17(22)15-4-2-1-3-5-15/h1-5,14,16H,6-13,19H2. The highest BCUT2D eigenvalue weighted by Gasteiger charge is 2.32. The number of nitrogens with two attached hydrogens (primary N) is 1. The third-order valence-electron chi connectivity index (χ3n) is 4.96. The molecule has 2 aliphatic heterocycles. The summed E-state index contributed by atoms with van der Waals surface area (Å²) in [6, 6.07) is 8.80. The van der Waals surface area contributed by atoms with Crippen molar-refractivity contribution in [2.24, 2.45) is 11.7 Å². The van der Waals surface area contributed by atoms with Crippen LogP contribution in [0, 0.1) is 5.92 Å². The number of carbonyl (C=O) groups excluding carboxylic acids is 2. The summed E-state index contributed by atoms with van der Waals surface area (Å²) in [5.74, 6) is 0.236. The molecule has 0 saturated carbocycles. The minimum absolute atomic E-state index is 0.00806. The SMILES string of the molecule is NC(C(=O)N1CCN(C(=O)c2ccccc2)CC1)C1CCOCC1. The lowest BCUT2D eigenvalue weighted by atomic mass is 9.91. The molecule has 2 heterocycles. The van der Waals surface area contributed by atoms with Crippen LogP contribution in [0.15, 0.2) is 30.3 Å². The Labute approximate surface area is 142 Å². The second kappa shape index (κ2) is 7.77. The molecule has 6 nitrogen and oxygen atoms in total. The van der Waals surface area contributed by atoms with Crippen molar-refractivity contribution in [3.63, 3.8) is 0 Å². The largest absolute Gasteiger partial charge is 0.381 e. The molecule has 3 rings (SSSR count). The minimum atomic E-state index is -0.453. The number of hydrogen-bond acceptors (Lipinski definition) is 4. The Balaban J connectivity index is 1.52. The van der Waals surface area contributed by atoms with E-state index < -0.39 is 6.04 Å². The molecule has 1 unspecified atom stereocenters. The van der Waals surface area contributed by atoms with Gasteiger partial charge in [0.25, 0.3) is 5.91 Å². The maximum atomic E-state index is 12.6. The van der Waals surface area contributed by atoms with Crippen molar-refractivity contribution < 1.29 is 14.3 Å². The van der Waals surface area contributed by atoms with Gasteiger partial charge < -0.3 is 20.3 Å². The number of carbonyl (C=O) groups is 2. The predicted octanol–water partition coefficient (Wildman–Crippen LogP) is 0.725.